The van der Waals surface area contributed by atoms with Gasteiger partial charge in [0.05, 0.1) is 5.41 Å². The van der Waals surface area contributed by atoms with Crippen LogP contribution in [0.4, 0.5) is 0 Å². The van der Waals surface area contributed by atoms with E-state index in [1.807, 2.05) is 6.92 Å². The van der Waals surface area contributed by atoms with Crippen molar-refractivity contribution in [2.24, 2.45) is 0 Å². The molecule has 0 fully saturated rings. The Labute approximate surface area is 139 Å². The van der Waals surface area contributed by atoms with E-state index in [4.69, 9.17) is 0 Å². The zero-order valence-electron chi connectivity index (χ0n) is 13.8. The maximum absolute atomic E-state index is 4.44. The number of hydrogen-bond donors (Lipinski definition) is 0. The summed E-state index contributed by atoms with van der Waals surface area (Å²) in [7, 11) is 0. The van der Waals surface area contributed by atoms with E-state index in [0.29, 0.717) is 0 Å². The molecule has 0 nitrogen and oxygen atoms in total. The highest BCUT2D eigenvalue weighted by molar-refractivity contribution is 5.92. The van der Waals surface area contributed by atoms with E-state index in [0.717, 1.165) is 11.1 Å². The smallest absolute Gasteiger partial charge is 0.0667 e. The summed E-state index contributed by atoms with van der Waals surface area (Å²) in [5, 5.41) is 0. The van der Waals surface area contributed by atoms with Crippen LogP contribution in [-0.4, -0.2) is 0 Å². The van der Waals surface area contributed by atoms with E-state index in [2.05, 4.69) is 92.9 Å². The van der Waals surface area contributed by atoms with Gasteiger partial charge < -0.3 is 0 Å². The summed E-state index contributed by atoms with van der Waals surface area (Å²) in [5.41, 5.74) is 6.77. The third-order valence-electron chi connectivity index (χ3n) is 4.81. The average molecular weight is 298 g/mol. The summed E-state index contributed by atoms with van der Waals surface area (Å²) in [6, 6.07) is 19.2. The van der Waals surface area contributed by atoms with E-state index >= 15 is 0 Å². The molecule has 0 aromatic heterocycles. The van der Waals surface area contributed by atoms with Crippen LogP contribution in [0.1, 0.15) is 30.5 Å². The van der Waals surface area contributed by atoms with Gasteiger partial charge in [-0.2, -0.15) is 0 Å². The fraction of sp³-hybridized carbons (Fsp3) is 0.130. The van der Waals surface area contributed by atoms with Crippen LogP contribution in [0.15, 0.2) is 97.1 Å². The molecule has 0 saturated carbocycles. The Kier molecular flexibility index (Phi) is 3.92. The van der Waals surface area contributed by atoms with Crippen molar-refractivity contribution < 1.29 is 0 Å². The molecule has 0 bridgehead atoms. The highest BCUT2D eigenvalue weighted by Crippen LogP contribution is 2.55. The molecule has 0 N–H and O–H groups in total. The molecular weight excluding hydrogens is 276 g/mol. The van der Waals surface area contributed by atoms with Gasteiger partial charge in [0.1, 0.15) is 0 Å². The number of fused-ring (bicyclic) bond motifs is 1. The van der Waals surface area contributed by atoms with E-state index < -0.39 is 0 Å². The molecule has 1 aliphatic carbocycles. The normalized spacial score (nSPS) is 21.0. The molecule has 0 amide bonds. The molecule has 2 aromatic rings. The first-order chi connectivity index (χ1) is 11.1. The van der Waals surface area contributed by atoms with Gasteiger partial charge in [-0.25, -0.2) is 0 Å². The summed E-state index contributed by atoms with van der Waals surface area (Å²) < 4.78 is 0. The van der Waals surface area contributed by atoms with Crippen LogP contribution in [0, 0.1) is 0 Å². The van der Waals surface area contributed by atoms with Crippen LogP contribution in [0.3, 0.4) is 0 Å². The monoisotopic (exact) mass is 298 g/mol. The van der Waals surface area contributed by atoms with E-state index in [-0.39, 0.29) is 5.41 Å². The van der Waals surface area contributed by atoms with Gasteiger partial charge in [0, 0.05) is 0 Å². The van der Waals surface area contributed by atoms with Crippen molar-refractivity contribution in [3.63, 3.8) is 0 Å². The zero-order valence-corrected chi connectivity index (χ0v) is 13.8. The molecule has 0 heteroatoms. The molecular formula is C23H22. The third kappa shape index (κ3) is 2.14. The van der Waals surface area contributed by atoms with Gasteiger partial charge in [-0.3, -0.25) is 0 Å². The van der Waals surface area contributed by atoms with Crippen LogP contribution in [0.2, 0.25) is 0 Å². The second-order valence-corrected chi connectivity index (χ2v) is 5.99. The molecule has 0 heterocycles. The van der Waals surface area contributed by atoms with E-state index in [1.54, 1.807) is 0 Å². The molecule has 1 unspecified atom stereocenters. The number of hydrogen-bond acceptors (Lipinski definition) is 0. The average Bonchev–Trinajstić information content (AvgIpc) is 2.83. The Morgan fingerprint density at radius 2 is 1.61 bits per heavy atom. The van der Waals surface area contributed by atoms with Crippen molar-refractivity contribution in [1.29, 1.82) is 0 Å². The molecule has 23 heavy (non-hydrogen) atoms. The van der Waals surface area contributed by atoms with E-state index in [1.165, 1.54) is 22.3 Å². The lowest BCUT2D eigenvalue weighted by Crippen LogP contribution is -2.28. The van der Waals surface area contributed by atoms with Crippen molar-refractivity contribution in [2.75, 3.05) is 0 Å². The molecule has 114 valence electrons. The Morgan fingerprint density at radius 1 is 0.957 bits per heavy atom. The molecule has 1 atom stereocenters. The lowest BCUT2D eigenvalue weighted by molar-refractivity contribution is 0.750. The second-order valence-electron chi connectivity index (χ2n) is 5.99. The van der Waals surface area contributed by atoms with Gasteiger partial charge in [0.2, 0.25) is 0 Å². The van der Waals surface area contributed by atoms with E-state index in [9.17, 15) is 0 Å². The van der Waals surface area contributed by atoms with Crippen molar-refractivity contribution in [1.82, 2.24) is 0 Å². The number of benzene rings is 2. The fourth-order valence-electron chi connectivity index (χ4n) is 3.69. The maximum Gasteiger partial charge on any atom is 0.0667 e. The summed E-state index contributed by atoms with van der Waals surface area (Å²) in [6.45, 7) is 13.0. The largest absolute Gasteiger partial charge is 0.0936 e. The minimum absolute atomic E-state index is 0.325. The predicted octanol–water partition coefficient (Wildman–Crippen LogP) is 6.08. The molecule has 0 aliphatic heterocycles. The summed E-state index contributed by atoms with van der Waals surface area (Å²) in [6.07, 6.45) is 6.34. The first kappa shape index (κ1) is 15.3. The first-order valence-electron chi connectivity index (χ1n) is 7.98. The quantitative estimate of drug-likeness (QED) is 0.602. The lowest BCUT2D eigenvalue weighted by atomic mass is 9.68. The molecule has 3 rings (SSSR count). The Bertz CT molecular complexity index is 818. The molecule has 1 aliphatic rings. The Morgan fingerprint density at radius 3 is 2.30 bits per heavy atom. The first-order valence-corrected chi connectivity index (χ1v) is 7.98. The van der Waals surface area contributed by atoms with Crippen LogP contribution in [0.25, 0.3) is 5.57 Å². The van der Waals surface area contributed by atoms with Gasteiger partial charge in [-0.1, -0.05) is 91.6 Å². The zero-order chi connectivity index (χ0) is 16.4. The molecule has 2 aromatic carbocycles. The molecule has 0 saturated heterocycles. The van der Waals surface area contributed by atoms with Gasteiger partial charge in [0.25, 0.3) is 0 Å². The van der Waals surface area contributed by atoms with Crippen molar-refractivity contribution in [3.8, 4) is 0 Å². The Hall–Kier alpha value is -2.60. The number of allylic oxidation sites excluding steroid dienone is 6. The molecule has 0 spiro atoms. The van der Waals surface area contributed by atoms with Crippen molar-refractivity contribution in [2.45, 2.75) is 19.3 Å². The van der Waals surface area contributed by atoms with Crippen LogP contribution in [-0.2, 0) is 5.41 Å². The highest BCUT2D eigenvalue weighted by Gasteiger charge is 2.46. The minimum Gasteiger partial charge on any atom is -0.0936 e. The van der Waals surface area contributed by atoms with Crippen LogP contribution in [0.5, 0.6) is 0 Å². The van der Waals surface area contributed by atoms with Gasteiger partial charge in [-0.15, -0.1) is 0 Å². The predicted molar refractivity (Wildman–Crippen MR) is 100 cm³/mol. The van der Waals surface area contributed by atoms with Crippen LogP contribution >= 0.6 is 0 Å². The lowest BCUT2D eigenvalue weighted by Gasteiger charge is -2.34. The minimum atomic E-state index is -0.325. The standard InChI is InChI=1S/C23H22/c1-5-6-12-17(2)23(20-13-8-7-9-14-20)19(4)18(3)21-15-10-11-16-22(21)23/h5-16H,3-4H2,1-2H3/b6-5-,17-12+. The summed E-state index contributed by atoms with van der Waals surface area (Å²) >= 11 is 0. The highest BCUT2D eigenvalue weighted by atomic mass is 14.5. The third-order valence-corrected chi connectivity index (χ3v) is 4.81. The summed E-state index contributed by atoms with van der Waals surface area (Å²) in [5.74, 6) is 0. The fourth-order valence-corrected chi connectivity index (χ4v) is 3.69. The maximum atomic E-state index is 4.44. The van der Waals surface area contributed by atoms with Gasteiger partial charge >= 0.3 is 0 Å². The van der Waals surface area contributed by atoms with Gasteiger partial charge in [-0.05, 0) is 41.7 Å². The van der Waals surface area contributed by atoms with Crippen molar-refractivity contribution in [3.05, 3.63) is 114 Å². The van der Waals surface area contributed by atoms with Crippen molar-refractivity contribution >= 4 is 5.57 Å². The Balaban J connectivity index is 2.39. The number of rotatable bonds is 3. The summed E-state index contributed by atoms with van der Waals surface area (Å²) in [4.78, 5) is 0. The van der Waals surface area contributed by atoms with Crippen LogP contribution < -0.4 is 0 Å². The SMILES string of the molecule is C=C1C(=C)C(/C(C)=C/C=C\C)(c2ccccc2)c2ccccc21. The molecule has 0 radical (unpaired) electrons. The van der Waals surface area contributed by atoms with Gasteiger partial charge in [0.15, 0.2) is 0 Å². The topological polar surface area (TPSA) is 0 Å². The second kappa shape index (κ2) is 5.89.